The van der Waals surface area contributed by atoms with Gasteiger partial charge in [0.1, 0.15) is 0 Å². The van der Waals surface area contributed by atoms with Crippen LogP contribution in [0.4, 0.5) is 0 Å². The molecule has 1 aliphatic carbocycles. The van der Waals surface area contributed by atoms with Gasteiger partial charge in [0.05, 0.1) is 11.3 Å². The second-order valence-electron chi connectivity index (χ2n) is 4.81. The molecule has 5 nitrogen and oxygen atoms in total. The molecule has 0 heterocycles. The second-order valence-corrected chi connectivity index (χ2v) is 6.86. The molecule has 0 aliphatic heterocycles. The predicted molar refractivity (Wildman–Crippen MR) is 70.5 cm³/mol. The average Bonchev–Trinajstić information content (AvgIpc) is 3.20. The third-order valence-electron chi connectivity index (χ3n) is 3.28. The molecule has 0 unspecified atom stereocenters. The van der Waals surface area contributed by atoms with E-state index in [9.17, 15) is 13.2 Å². The van der Waals surface area contributed by atoms with Crippen LogP contribution in [0.1, 0.15) is 30.7 Å². The maximum atomic E-state index is 12.2. The van der Waals surface area contributed by atoms with Crippen LogP contribution in [0.25, 0.3) is 0 Å². The van der Waals surface area contributed by atoms with Crippen molar-refractivity contribution in [2.24, 2.45) is 0 Å². The Labute approximate surface area is 112 Å². The highest BCUT2D eigenvalue weighted by atomic mass is 32.2. The second kappa shape index (κ2) is 5.30. The lowest BCUT2D eigenvalue weighted by molar-refractivity contribution is -0.137. The van der Waals surface area contributed by atoms with Crippen molar-refractivity contribution >= 4 is 16.0 Å². The lowest BCUT2D eigenvalue weighted by atomic mass is 10.1. The molecule has 0 radical (unpaired) electrons. The van der Waals surface area contributed by atoms with Gasteiger partial charge in [0.25, 0.3) is 0 Å². The number of hydrogen-bond acceptors (Lipinski definition) is 3. The summed E-state index contributed by atoms with van der Waals surface area (Å²) in [6, 6.07) is 6.88. The quantitative estimate of drug-likeness (QED) is 0.861. The zero-order valence-corrected chi connectivity index (χ0v) is 11.6. The van der Waals surface area contributed by atoms with E-state index in [0.717, 1.165) is 4.31 Å². The van der Waals surface area contributed by atoms with Crippen LogP contribution >= 0.6 is 0 Å². The van der Waals surface area contributed by atoms with Crippen LogP contribution in [0.15, 0.2) is 29.2 Å². The van der Waals surface area contributed by atoms with E-state index < -0.39 is 16.0 Å². The maximum absolute atomic E-state index is 12.2. The molecular formula is C13H17NO4S. The first-order valence-electron chi connectivity index (χ1n) is 6.19. The Morgan fingerprint density at radius 2 is 1.89 bits per heavy atom. The van der Waals surface area contributed by atoms with Gasteiger partial charge in [-0.25, -0.2) is 12.7 Å². The number of carbonyl (C=O) groups is 1. The zero-order valence-electron chi connectivity index (χ0n) is 10.7. The van der Waals surface area contributed by atoms with Crippen LogP contribution in [0, 0.1) is 0 Å². The third-order valence-corrected chi connectivity index (χ3v) is 5.15. The molecule has 0 amide bonds. The number of aliphatic carboxylic acids is 1. The van der Waals surface area contributed by atoms with Gasteiger partial charge in [0, 0.05) is 13.6 Å². The van der Waals surface area contributed by atoms with Crippen LogP contribution in [0.2, 0.25) is 0 Å². The summed E-state index contributed by atoms with van der Waals surface area (Å²) in [5, 5.41) is 8.58. The molecule has 1 aromatic rings. The first kappa shape index (κ1) is 14.0. The van der Waals surface area contributed by atoms with Crippen molar-refractivity contribution in [3.63, 3.8) is 0 Å². The normalized spacial score (nSPS) is 15.7. The standard InChI is InChI=1S/C13H17NO4S/c1-14(9-8-13(15)16)19(17,18)12-6-4-11(5-7-12)10-2-3-10/h4-7,10H,2-3,8-9H2,1H3,(H,15,16). The Kier molecular flexibility index (Phi) is 3.91. The number of sulfonamides is 1. The van der Waals surface area contributed by atoms with Crippen molar-refractivity contribution < 1.29 is 18.3 Å². The molecule has 1 N–H and O–H groups in total. The first-order chi connectivity index (χ1) is 8.91. The van der Waals surface area contributed by atoms with Gasteiger partial charge in [-0.1, -0.05) is 12.1 Å². The monoisotopic (exact) mass is 283 g/mol. The molecule has 6 heteroatoms. The smallest absolute Gasteiger partial charge is 0.304 e. The first-order valence-corrected chi connectivity index (χ1v) is 7.63. The maximum Gasteiger partial charge on any atom is 0.304 e. The van der Waals surface area contributed by atoms with Gasteiger partial charge < -0.3 is 5.11 Å². The summed E-state index contributed by atoms with van der Waals surface area (Å²) in [5.41, 5.74) is 1.17. The van der Waals surface area contributed by atoms with E-state index in [4.69, 9.17) is 5.11 Å². The van der Waals surface area contributed by atoms with E-state index in [0.29, 0.717) is 5.92 Å². The van der Waals surface area contributed by atoms with Gasteiger partial charge in [0.2, 0.25) is 10.0 Å². The molecular weight excluding hydrogens is 266 g/mol. The van der Waals surface area contributed by atoms with E-state index in [2.05, 4.69) is 0 Å². The molecule has 104 valence electrons. The number of rotatable bonds is 6. The molecule has 1 fully saturated rings. The summed E-state index contributed by atoms with van der Waals surface area (Å²) < 4.78 is 25.4. The Hall–Kier alpha value is -1.40. The molecule has 0 aromatic heterocycles. The number of benzene rings is 1. The highest BCUT2D eigenvalue weighted by Crippen LogP contribution is 2.40. The predicted octanol–water partition coefficient (Wildman–Crippen LogP) is 1.66. The van der Waals surface area contributed by atoms with Crippen molar-refractivity contribution in [1.82, 2.24) is 4.31 Å². The van der Waals surface area contributed by atoms with Gasteiger partial charge in [-0.3, -0.25) is 4.79 Å². The molecule has 1 saturated carbocycles. The van der Waals surface area contributed by atoms with Gasteiger partial charge in [-0.05, 0) is 36.5 Å². The molecule has 0 atom stereocenters. The molecule has 0 spiro atoms. The van der Waals surface area contributed by atoms with Crippen LogP contribution in [0.5, 0.6) is 0 Å². The van der Waals surface area contributed by atoms with E-state index in [1.54, 1.807) is 12.1 Å². The number of carboxylic acids is 1. The average molecular weight is 283 g/mol. The fraction of sp³-hybridized carbons (Fsp3) is 0.462. The molecule has 1 aliphatic rings. The van der Waals surface area contributed by atoms with Crippen LogP contribution in [0.3, 0.4) is 0 Å². The van der Waals surface area contributed by atoms with E-state index in [1.165, 1.54) is 25.5 Å². The van der Waals surface area contributed by atoms with E-state index in [-0.39, 0.29) is 17.9 Å². The van der Waals surface area contributed by atoms with E-state index in [1.807, 2.05) is 12.1 Å². The van der Waals surface area contributed by atoms with Crippen LogP contribution in [-0.4, -0.2) is 37.4 Å². The lowest BCUT2D eigenvalue weighted by Crippen LogP contribution is -2.29. The summed E-state index contributed by atoms with van der Waals surface area (Å²) in [4.78, 5) is 10.7. The molecule has 0 saturated heterocycles. The fourth-order valence-electron chi connectivity index (χ4n) is 1.88. The molecule has 19 heavy (non-hydrogen) atoms. The fourth-order valence-corrected chi connectivity index (χ4v) is 3.05. The molecule has 2 rings (SSSR count). The topological polar surface area (TPSA) is 74.7 Å². The van der Waals surface area contributed by atoms with Crippen molar-refractivity contribution in [3.8, 4) is 0 Å². The van der Waals surface area contributed by atoms with Crippen molar-refractivity contribution in [3.05, 3.63) is 29.8 Å². The van der Waals surface area contributed by atoms with Crippen LogP contribution in [-0.2, 0) is 14.8 Å². The lowest BCUT2D eigenvalue weighted by Gasteiger charge is -2.16. The third kappa shape index (κ3) is 3.33. The van der Waals surface area contributed by atoms with Gasteiger partial charge in [-0.2, -0.15) is 0 Å². The van der Waals surface area contributed by atoms with Crippen molar-refractivity contribution in [2.45, 2.75) is 30.1 Å². The minimum atomic E-state index is -3.59. The van der Waals surface area contributed by atoms with Crippen LogP contribution < -0.4 is 0 Å². The Morgan fingerprint density at radius 3 is 2.37 bits per heavy atom. The SMILES string of the molecule is CN(CCC(=O)O)S(=O)(=O)c1ccc(C2CC2)cc1. The Morgan fingerprint density at radius 1 is 1.32 bits per heavy atom. The Balaban J connectivity index is 2.11. The highest BCUT2D eigenvalue weighted by Gasteiger charge is 2.25. The van der Waals surface area contributed by atoms with E-state index >= 15 is 0 Å². The Bertz CT molecular complexity index is 561. The van der Waals surface area contributed by atoms with Gasteiger partial charge in [0.15, 0.2) is 0 Å². The highest BCUT2D eigenvalue weighted by molar-refractivity contribution is 7.89. The summed E-state index contributed by atoms with van der Waals surface area (Å²) >= 11 is 0. The van der Waals surface area contributed by atoms with Crippen molar-refractivity contribution in [2.75, 3.05) is 13.6 Å². The van der Waals surface area contributed by atoms with Gasteiger partial charge >= 0.3 is 5.97 Å². The summed E-state index contributed by atoms with van der Waals surface area (Å²) in [5.74, 6) is -0.423. The van der Waals surface area contributed by atoms with Gasteiger partial charge in [-0.15, -0.1) is 0 Å². The summed E-state index contributed by atoms with van der Waals surface area (Å²) in [6.07, 6.45) is 2.14. The largest absolute Gasteiger partial charge is 0.481 e. The zero-order chi connectivity index (χ0) is 14.0. The minimum Gasteiger partial charge on any atom is -0.481 e. The number of carboxylic acid groups (broad SMARTS) is 1. The minimum absolute atomic E-state index is 0.0258. The number of hydrogen-bond donors (Lipinski definition) is 1. The summed E-state index contributed by atoms with van der Waals surface area (Å²) in [6.45, 7) is -0.0258. The summed E-state index contributed by atoms with van der Waals surface area (Å²) in [7, 11) is -2.19. The molecule has 0 bridgehead atoms. The van der Waals surface area contributed by atoms with Crippen molar-refractivity contribution in [1.29, 1.82) is 0 Å². The molecule has 1 aromatic carbocycles. The number of nitrogens with zero attached hydrogens (tertiary/aromatic N) is 1.